The molecule has 6 heteroatoms. The van der Waals surface area contributed by atoms with Crippen molar-refractivity contribution in [3.05, 3.63) is 27.5 Å². The maximum absolute atomic E-state index is 12.4. The zero-order chi connectivity index (χ0) is 11.6. The average Bonchev–Trinajstić information content (AvgIpc) is 2.12. The molecule has 0 bridgehead atoms. The topological polar surface area (TPSA) is 50.2 Å². The first-order chi connectivity index (χ1) is 6.93. The molecule has 0 amide bonds. The van der Waals surface area contributed by atoms with Gasteiger partial charge in [0.05, 0.1) is 6.42 Å². The van der Waals surface area contributed by atoms with E-state index in [4.69, 9.17) is 5.11 Å². The molecule has 1 rings (SSSR count). The highest BCUT2D eigenvalue weighted by Crippen LogP contribution is 2.29. The van der Waals surface area contributed by atoms with Crippen molar-refractivity contribution in [3.8, 4) is 0 Å². The number of aromatic nitrogens is 1. The molecule has 82 valence electrons. The molecule has 1 aromatic rings. The molecular weight excluding hydrogens is 272 g/mol. The van der Waals surface area contributed by atoms with E-state index in [1.807, 2.05) is 0 Å². The lowest BCUT2D eigenvalue weighted by atomic mass is 10.1. The Kier molecular flexibility index (Phi) is 3.73. The van der Waals surface area contributed by atoms with E-state index in [2.05, 4.69) is 20.9 Å². The largest absolute Gasteiger partial charge is 0.481 e. The molecule has 0 unspecified atom stereocenters. The van der Waals surface area contributed by atoms with E-state index in [0.717, 1.165) is 0 Å². The molecule has 0 saturated carbocycles. The molecule has 0 radical (unpaired) electrons. The van der Waals surface area contributed by atoms with Crippen LogP contribution in [0.1, 0.15) is 23.2 Å². The number of alkyl halides is 2. The van der Waals surface area contributed by atoms with Crippen molar-refractivity contribution in [3.63, 3.8) is 0 Å². The van der Waals surface area contributed by atoms with Crippen LogP contribution >= 0.6 is 15.9 Å². The number of nitrogens with zero attached hydrogens (tertiary/aromatic N) is 1. The van der Waals surface area contributed by atoms with Crippen molar-refractivity contribution < 1.29 is 18.7 Å². The fraction of sp³-hybridized carbons (Fsp3) is 0.333. The summed E-state index contributed by atoms with van der Waals surface area (Å²) in [6, 6.07) is 0. The molecule has 0 spiro atoms. The minimum absolute atomic E-state index is 0.177. The maximum Gasteiger partial charge on any atom is 0.307 e. The lowest BCUT2D eigenvalue weighted by Gasteiger charge is -2.09. The van der Waals surface area contributed by atoms with Gasteiger partial charge in [-0.2, -0.15) is 0 Å². The van der Waals surface area contributed by atoms with Gasteiger partial charge in [-0.15, -0.1) is 0 Å². The van der Waals surface area contributed by atoms with Crippen LogP contribution in [0.4, 0.5) is 8.78 Å². The monoisotopic (exact) mass is 279 g/mol. The van der Waals surface area contributed by atoms with Gasteiger partial charge in [0.2, 0.25) is 0 Å². The van der Waals surface area contributed by atoms with Gasteiger partial charge in [0.25, 0.3) is 6.43 Å². The van der Waals surface area contributed by atoms with E-state index in [-0.39, 0.29) is 16.6 Å². The van der Waals surface area contributed by atoms with Gasteiger partial charge in [-0.3, -0.25) is 9.78 Å². The van der Waals surface area contributed by atoms with E-state index < -0.39 is 12.4 Å². The predicted molar refractivity (Wildman–Crippen MR) is 53.0 cm³/mol. The van der Waals surface area contributed by atoms with Crippen LogP contribution in [0.2, 0.25) is 0 Å². The quantitative estimate of drug-likeness (QED) is 0.926. The summed E-state index contributed by atoms with van der Waals surface area (Å²) < 4.78 is 25.0. The van der Waals surface area contributed by atoms with Gasteiger partial charge in [-0.1, -0.05) is 0 Å². The summed E-state index contributed by atoms with van der Waals surface area (Å²) in [6.45, 7) is 1.58. The first-order valence-electron chi connectivity index (χ1n) is 4.07. The second kappa shape index (κ2) is 4.65. The predicted octanol–water partition coefficient (Wildman–Crippen LogP) is 2.72. The van der Waals surface area contributed by atoms with Crippen LogP contribution in [0.5, 0.6) is 0 Å². The summed E-state index contributed by atoms with van der Waals surface area (Å²) in [6.07, 6.45) is -1.71. The smallest absolute Gasteiger partial charge is 0.307 e. The van der Waals surface area contributed by atoms with Gasteiger partial charge in [-0.25, -0.2) is 8.78 Å². The Bertz CT molecular complexity index is 396. The van der Waals surface area contributed by atoms with Crippen molar-refractivity contribution in [2.24, 2.45) is 0 Å². The Labute approximate surface area is 93.3 Å². The molecule has 3 nitrogen and oxygen atoms in total. The standard InChI is InChI=1S/C9H8BrF2NO2/c1-4-5(2-6(14)15)3-13-8(7(4)10)9(11)12/h3,9H,2H2,1H3,(H,14,15). The molecule has 0 aliphatic carbocycles. The number of hydrogen-bond acceptors (Lipinski definition) is 2. The fourth-order valence-electron chi connectivity index (χ4n) is 1.13. The molecule has 0 aromatic carbocycles. The minimum Gasteiger partial charge on any atom is -0.481 e. The van der Waals surface area contributed by atoms with Crippen LogP contribution < -0.4 is 0 Å². The van der Waals surface area contributed by atoms with E-state index in [1.54, 1.807) is 6.92 Å². The summed E-state index contributed by atoms with van der Waals surface area (Å²) in [5.41, 5.74) is 0.558. The van der Waals surface area contributed by atoms with Gasteiger partial charge in [0, 0.05) is 10.7 Å². The second-order valence-electron chi connectivity index (χ2n) is 2.98. The zero-order valence-electron chi connectivity index (χ0n) is 7.80. The molecule has 0 aliphatic rings. The van der Waals surface area contributed by atoms with Crippen LogP contribution in [-0.4, -0.2) is 16.1 Å². The molecule has 1 aromatic heterocycles. The molecule has 0 saturated heterocycles. The minimum atomic E-state index is -2.67. The van der Waals surface area contributed by atoms with E-state index in [9.17, 15) is 13.6 Å². The van der Waals surface area contributed by atoms with Crippen molar-refractivity contribution in [1.29, 1.82) is 0 Å². The number of carbonyl (C=O) groups is 1. The summed E-state index contributed by atoms with van der Waals surface area (Å²) in [5.74, 6) is -1.02. The van der Waals surface area contributed by atoms with Crippen LogP contribution in [0.15, 0.2) is 10.7 Å². The average molecular weight is 280 g/mol. The van der Waals surface area contributed by atoms with Crippen molar-refractivity contribution in [1.82, 2.24) is 4.98 Å². The Balaban J connectivity index is 3.15. The Morgan fingerprint density at radius 2 is 2.27 bits per heavy atom. The van der Waals surface area contributed by atoms with Crippen molar-refractivity contribution >= 4 is 21.9 Å². The van der Waals surface area contributed by atoms with E-state index in [1.165, 1.54) is 6.20 Å². The van der Waals surface area contributed by atoms with Crippen LogP contribution in [0, 0.1) is 6.92 Å². The highest BCUT2D eigenvalue weighted by atomic mass is 79.9. The number of carboxylic acids is 1. The van der Waals surface area contributed by atoms with Gasteiger partial charge >= 0.3 is 5.97 Å². The Morgan fingerprint density at radius 1 is 1.67 bits per heavy atom. The Hall–Kier alpha value is -1.04. The third kappa shape index (κ3) is 2.71. The second-order valence-corrected chi connectivity index (χ2v) is 3.77. The number of rotatable bonds is 3. The molecule has 0 aliphatic heterocycles. The van der Waals surface area contributed by atoms with Crippen LogP contribution in [-0.2, 0) is 11.2 Å². The Morgan fingerprint density at radius 3 is 2.73 bits per heavy atom. The van der Waals surface area contributed by atoms with Crippen LogP contribution in [0.25, 0.3) is 0 Å². The van der Waals surface area contributed by atoms with Crippen molar-refractivity contribution in [2.75, 3.05) is 0 Å². The lowest BCUT2D eigenvalue weighted by molar-refractivity contribution is -0.136. The fourth-order valence-corrected chi connectivity index (χ4v) is 1.66. The summed E-state index contributed by atoms with van der Waals surface area (Å²) >= 11 is 2.99. The van der Waals surface area contributed by atoms with E-state index >= 15 is 0 Å². The van der Waals surface area contributed by atoms with E-state index in [0.29, 0.717) is 11.1 Å². The SMILES string of the molecule is Cc1c(CC(=O)O)cnc(C(F)F)c1Br. The number of pyridine rings is 1. The summed E-state index contributed by atoms with van der Waals surface area (Å²) in [5, 5.41) is 8.57. The molecule has 15 heavy (non-hydrogen) atoms. The van der Waals surface area contributed by atoms with Gasteiger partial charge < -0.3 is 5.11 Å². The van der Waals surface area contributed by atoms with Crippen LogP contribution in [0.3, 0.4) is 0 Å². The highest BCUT2D eigenvalue weighted by Gasteiger charge is 2.17. The van der Waals surface area contributed by atoms with Gasteiger partial charge in [0.1, 0.15) is 5.69 Å². The zero-order valence-corrected chi connectivity index (χ0v) is 9.38. The number of hydrogen-bond donors (Lipinski definition) is 1. The molecule has 1 N–H and O–H groups in total. The molecule has 1 heterocycles. The highest BCUT2D eigenvalue weighted by molar-refractivity contribution is 9.10. The normalized spacial score (nSPS) is 10.7. The van der Waals surface area contributed by atoms with Crippen molar-refractivity contribution in [2.45, 2.75) is 19.8 Å². The molecule has 0 atom stereocenters. The molecular formula is C9H8BrF2NO2. The third-order valence-electron chi connectivity index (χ3n) is 1.94. The summed E-state index contributed by atoms with van der Waals surface area (Å²) in [4.78, 5) is 14.0. The maximum atomic E-state index is 12.4. The lowest BCUT2D eigenvalue weighted by Crippen LogP contribution is -2.05. The first kappa shape index (κ1) is 12.0. The first-order valence-corrected chi connectivity index (χ1v) is 4.86. The van der Waals surface area contributed by atoms with Gasteiger partial charge in [-0.05, 0) is 34.0 Å². The molecule has 0 fully saturated rings. The number of carboxylic acid groups (broad SMARTS) is 1. The number of aliphatic carboxylic acids is 1. The number of halogens is 3. The third-order valence-corrected chi connectivity index (χ3v) is 2.94. The van der Waals surface area contributed by atoms with Gasteiger partial charge in [0.15, 0.2) is 0 Å². The summed E-state index contributed by atoms with van der Waals surface area (Å²) in [7, 11) is 0.